The maximum absolute atomic E-state index is 10.4. The molecular formula is C14H21NO2S. The van der Waals surface area contributed by atoms with Gasteiger partial charge in [-0.1, -0.05) is 13.8 Å². The van der Waals surface area contributed by atoms with E-state index in [0.717, 1.165) is 23.9 Å². The normalized spacial score (nSPS) is 11.8. The molecule has 0 fully saturated rings. The van der Waals surface area contributed by atoms with Crippen LogP contribution in [0.3, 0.4) is 0 Å². The van der Waals surface area contributed by atoms with Gasteiger partial charge in [-0.05, 0) is 44.1 Å². The Morgan fingerprint density at radius 1 is 1.50 bits per heavy atom. The van der Waals surface area contributed by atoms with E-state index >= 15 is 0 Å². The average Bonchev–Trinajstić information content (AvgIpc) is 2.71. The lowest BCUT2D eigenvalue weighted by molar-refractivity contribution is -0.131. The first kappa shape index (κ1) is 14.9. The van der Waals surface area contributed by atoms with Gasteiger partial charge in [0.05, 0.1) is 0 Å². The standard InChI is InChI=1S/C14H21NO2S/c1-11(2)8-9-15(3)10-13-5-4-12(18-13)6-7-14(16)17/h4-7,11H,8-10H2,1-3H3,(H,16,17). The van der Waals surface area contributed by atoms with Crippen molar-refractivity contribution < 1.29 is 9.90 Å². The van der Waals surface area contributed by atoms with Crippen LogP contribution in [0.25, 0.3) is 6.08 Å². The Kier molecular flexibility index (Phi) is 6.09. The Morgan fingerprint density at radius 3 is 2.83 bits per heavy atom. The highest BCUT2D eigenvalue weighted by molar-refractivity contribution is 7.12. The second kappa shape index (κ2) is 7.34. The van der Waals surface area contributed by atoms with Crippen molar-refractivity contribution in [1.29, 1.82) is 0 Å². The van der Waals surface area contributed by atoms with Crippen LogP contribution in [0.2, 0.25) is 0 Å². The number of hydrogen-bond donors (Lipinski definition) is 1. The fourth-order valence-electron chi connectivity index (χ4n) is 1.55. The molecule has 0 aromatic carbocycles. The quantitative estimate of drug-likeness (QED) is 0.770. The molecule has 1 rings (SSSR count). The second-order valence-electron chi connectivity index (χ2n) is 4.90. The molecule has 0 saturated carbocycles. The van der Waals surface area contributed by atoms with Crippen molar-refractivity contribution >= 4 is 23.4 Å². The Morgan fingerprint density at radius 2 is 2.22 bits per heavy atom. The Hall–Kier alpha value is -1.13. The van der Waals surface area contributed by atoms with Gasteiger partial charge in [0, 0.05) is 22.4 Å². The van der Waals surface area contributed by atoms with Gasteiger partial charge in [-0.15, -0.1) is 11.3 Å². The van der Waals surface area contributed by atoms with E-state index < -0.39 is 5.97 Å². The fraction of sp³-hybridized carbons (Fsp3) is 0.500. The summed E-state index contributed by atoms with van der Waals surface area (Å²) in [5.74, 6) is -0.177. The van der Waals surface area contributed by atoms with E-state index in [2.05, 4.69) is 31.9 Å². The van der Waals surface area contributed by atoms with E-state index in [1.165, 1.54) is 17.4 Å². The number of thiophene rings is 1. The van der Waals surface area contributed by atoms with Gasteiger partial charge in [-0.2, -0.15) is 0 Å². The molecule has 0 aliphatic rings. The van der Waals surface area contributed by atoms with E-state index in [4.69, 9.17) is 5.11 Å². The van der Waals surface area contributed by atoms with Crippen LogP contribution in [0, 0.1) is 5.92 Å². The number of carbonyl (C=O) groups is 1. The molecule has 4 heteroatoms. The van der Waals surface area contributed by atoms with Gasteiger partial charge in [0.15, 0.2) is 0 Å². The molecule has 0 aliphatic carbocycles. The zero-order chi connectivity index (χ0) is 13.5. The molecule has 3 nitrogen and oxygen atoms in total. The van der Waals surface area contributed by atoms with Crippen molar-refractivity contribution in [2.24, 2.45) is 5.92 Å². The molecule has 18 heavy (non-hydrogen) atoms. The summed E-state index contributed by atoms with van der Waals surface area (Å²) in [7, 11) is 2.12. The molecule has 1 aromatic rings. The molecule has 0 aliphatic heterocycles. The van der Waals surface area contributed by atoms with Gasteiger partial charge in [0.1, 0.15) is 0 Å². The maximum atomic E-state index is 10.4. The minimum Gasteiger partial charge on any atom is -0.478 e. The molecule has 0 saturated heterocycles. The lowest BCUT2D eigenvalue weighted by atomic mass is 10.1. The van der Waals surface area contributed by atoms with Crippen molar-refractivity contribution in [2.45, 2.75) is 26.8 Å². The average molecular weight is 267 g/mol. The van der Waals surface area contributed by atoms with Crippen LogP contribution < -0.4 is 0 Å². The minimum atomic E-state index is -0.904. The van der Waals surface area contributed by atoms with Crippen molar-refractivity contribution in [3.8, 4) is 0 Å². The molecule has 0 bridgehead atoms. The van der Waals surface area contributed by atoms with Crippen molar-refractivity contribution in [3.05, 3.63) is 28.0 Å². The summed E-state index contributed by atoms with van der Waals surface area (Å²) in [6.45, 7) is 6.48. The lowest BCUT2D eigenvalue weighted by Gasteiger charge is -2.16. The molecule has 0 amide bonds. The van der Waals surface area contributed by atoms with Crippen LogP contribution in [-0.2, 0) is 11.3 Å². The Balaban J connectivity index is 2.45. The Labute approximate surface area is 113 Å². The van der Waals surface area contributed by atoms with Gasteiger partial charge in [-0.3, -0.25) is 0 Å². The summed E-state index contributed by atoms with van der Waals surface area (Å²) in [5.41, 5.74) is 0. The molecule has 100 valence electrons. The SMILES string of the molecule is CC(C)CCN(C)Cc1ccc(C=CC(=O)O)s1. The third-order valence-electron chi connectivity index (χ3n) is 2.59. The third-order valence-corrected chi connectivity index (χ3v) is 3.62. The molecule has 1 heterocycles. The van der Waals surface area contributed by atoms with Gasteiger partial charge in [-0.25, -0.2) is 4.79 Å². The number of carboxylic acid groups (broad SMARTS) is 1. The highest BCUT2D eigenvalue weighted by Gasteiger charge is 2.04. The van der Waals surface area contributed by atoms with Crippen molar-refractivity contribution in [3.63, 3.8) is 0 Å². The molecule has 0 spiro atoms. The first-order valence-corrected chi connectivity index (χ1v) is 6.97. The maximum Gasteiger partial charge on any atom is 0.328 e. The van der Waals surface area contributed by atoms with E-state index in [-0.39, 0.29) is 0 Å². The predicted octanol–water partition coefficient (Wildman–Crippen LogP) is 3.32. The van der Waals surface area contributed by atoms with Crippen LogP contribution in [0.4, 0.5) is 0 Å². The smallest absolute Gasteiger partial charge is 0.328 e. The van der Waals surface area contributed by atoms with Gasteiger partial charge in [0.25, 0.3) is 0 Å². The highest BCUT2D eigenvalue weighted by atomic mass is 32.1. The molecule has 0 atom stereocenters. The van der Waals surface area contributed by atoms with E-state index in [1.54, 1.807) is 17.4 Å². The monoisotopic (exact) mass is 267 g/mol. The molecule has 0 radical (unpaired) electrons. The molecule has 0 unspecified atom stereocenters. The van der Waals surface area contributed by atoms with E-state index in [0.29, 0.717) is 0 Å². The summed E-state index contributed by atoms with van der Waals surface area (Å²) < 4.78 is 0. The molecule has 1 aromatic heterocycles. The third kappa shape index (κ3) is 5.98. The summed E-state index contributed by atoms with van der Waals surface area (Å²) in [4.78, 5) is 15.0. The highest BCUT2D eigenvalue weighted by Crippen LogP contribution is 2.19. The fourth-order valence-corrected chi connectivity index (χ4v) is 2.54. The van der Waals surface area contributed by atoms with Crippen LogP contribution in [0.5, 0.6) is 0 Å². The zero-order valence-corrected chi connectivity index (χ0v) is 12.0. The predicted molar refractivity (Wildman–Crippen MR) is 76.8 cm³/mol. The summed E-state index contributed by atoms with van der Waals surface area (Å²) in [6, 6.07) is 4.04. The first-order valence-electron chi connectivity index (χ1n) is 6.15. The van der Waals surface area contributed by atoms with Crippen molar-refractivity contribution in [2.75, 3.05) is 13.6 Å². The van der Waals surface area contributed by atoms with Crippen LogP contribution in [-0.4, -0.2) is 29.6 Å². The van der Waals surface area contributed by atoms with E-state index in [9.17, 15) is 4.79 Å². The summed E-state index contributed by atoms with van der Waals surface area (Å²) >= 11 is 1.65. The second-order valence-corrected chi connectivity index (χ2v) is 6.10. The minimum absolute atomic E-state index is 0.727. The number of aliphatic carboxylic acids is 1. The lowest BCUT2D eigenvalue weighted by Crippen LogP contribution is -2.19. The topological polar surface area (TPSA) is 40.5 Å². The van der Waals surface area contributed by atoms with E-state index in [1.807, 2.05) is 6.07 Å². The first-order chi connectivity index (χ1) is 8.47. The van der Waals surface area contributed by atoms with Crippen LogP contribution >= 0.6 is 11.3 Å². The number of rotatable bonds is 7. The van der Waals surface area contributed by atoms with Gasteiger partial charge >= 0.3 is 5.97 Å². The van der Waals surface area contributed by atoms with Crippen LogP contribution in [0.1, 0.15) is 30.0 Å². The number of nitrogens with zero attached hydrogens (tertiary/aromatic N) is 1. The largest absolute Gasteiger partial charge is 0.478 e. The number of hydrogen-bond acceptors (Lipinski definition) is 3. The number of carboxylic acids is 1. The van der Waals surface area contributed by atoms with Crippen molar-refractivity contribution in [1.82, 2.24) is 4.90 Å². The molecule has 1 N–H and O–H groups in total. The summed E-state index contributed by atoms with van der Waals surface area (Å²) in [6.07, 6.45) is 4.02. The van der Waals surface area contributed by atoms with Crippen LogP contribution in [0.15, 0.2) is 18.2 Å². The zero-order valence-electron chi connectivity index (χ0n) is 11.2. The summed E-state index contributed by atoms with van der Waals surface area (Å²) in [5, 5.41) is 8.56. The molecular weight excluding hydrogens is 246 g/mol. The Bertz CT molecular complexity index is 410. The van der Waals surface area contributed by atoms with Gasteiger partial charge < -0.3 is 10.0 Å². The van der Waals surface area contributed by atoms with Gasteiger partial charge in [0.2, 0.25) is 0 Å².